The second-order valence-corrected chi connectivity index (χ2v) is 5.48. The normalized spacial score (nSPS) is 16.9. The summed E-state index contributed by atoms with van der Waals surface area (Å²) in [6, 6.07) is 22.3. The van der Waals surface area contributed by atoms with Crippen LogP contribution in [0.4, 0.5) is 0 Å². The lowest BCUT2D eigenvalue weighted by atomic mass is 9.93. The van der Waals surface area contributed by atoms with Gasteiger partial charge in [0.25, 0.3) is 0 Å². The molecule has 0 amide bonds. The molecule has 1 aliphatic heterocycles. The van der Waals surface area contributed by atoms with Crippen molar-refractivity contribution in [3.05, 3.63) is 71.8 Å². The van der Waals surface area contributed by atoms with E-state index in [-0.39, 0.29) is 0 Å². The van der Waals surface area contributed by atoms with Crippen molar-refractivity contribution in [2.24, 2.45) is 0 Å². The van der Waals surface area contributed by atoms with Crippen molar-refractivity contribution in [1.82, 2.24) is 4.90 Å². The Kier molecular flexibility index (Phi) is 17.1. The quantitative estimate of drug-likeness (QED) is 0.483. The Morgan fingerprint density at radius 1 is 0.643 bits per heavy atom. The van der Waals surface area contributed by atoms with Crippen LogP contribution in [0.5, 0.6) is 0 Å². The van der Waals surface area contributed by atoms with Gasteiger partial charge in [0.05, 0.1) is 14.1 Å². The van der Waals surface area contributed by atoms with Gasteiger partial charge in [0.15, 0.2) is 12.1 Å². The highest BCUT2D eigenvalue weighted by atomic mass is 15.3. The smallest absolute Gasteiger partial charge is 0.244 e. The zero-order valence-electron chi connectivity index (χ0n) is 20.3. The van der Waals surface area contributed by atoms with Crippen LogP contribution < -0.4 is 0 Å². The second-order valence-electron chi connectivity index (χ2n) is 5.48. The molecule has 0 fully saturated rings. The minimum Gasteiger partial charge on any atom is -0.257 e. The van der Waals surface area contributed by atoms with Gasteiger partial charge in [0, 0.05) is 18.1 Å². The fraction of sp³-hybridized carbons (Fsp3) is 0.500. The van der Waals surface area contributed by atoms with Gasteiger partial charge in [-0.2, -0.15) is 0 Å². The van der Waals surface area contributed by atoms with Crippen LogP contribution >= 0.6 is 0 Å². The molecule has 28 heavy (non-hydrogen) atoms. The van der Waals surface area contributed by atoms with Gasteiger partial charge < -0.3 is 0 Å². The van der Waals surface area contributed by atoms with Crippen LogP contribution in [0.2, 0.25) is 0 Å². The Morgan fingerprint density at radius 3 is 1.39 bits per heavy atom. The maximum atomic E-state index is 2.38. The summed E-state index contributed by atoms with van der Waals surface area (Å²) in [6.07, 6.45) is 0. The van der Waals surface area contributed by atoms with Gasteiger partial charge in [-0.1, -0.05) is 116 Å². The third kappa shape index (κ3) is 7.14. The van der Waals surface area contributed by atoms with E-state index >= 15 is 0 Å². The topological polar surface area (TPSA) is 6.25 Å². The minimum atomic E-state index is 0.364. The molecule has 158 valence electrons. The van der Waals surface area contributed by atoms with Crippen LogP contribution in [-0.2, 0) is 0 Å². The van der Waals surface area contributed by atoms with E-state index in [2.05, 4.69) is 91.2 Å². The van der Waals surface area contributed by atoms with E-state index in [1.165, 1.54) is 17.0 Å². The summed E-state index contributed by atoms with van der Waals surface area (Å²) < 4.78 is 2.38. The predicted molar refractivity (Wildman–Crippen MR) is 128 cm³/mol. The molecule has 2 aromatic rings. The van der Waals surface area contributed by atoms with Gasteiger partial charge in [-0.15, -0.1) is 0 Å². The summed E-state index contributed by atoms with van der Waals surface area (Å²) >= 11 is 0. The number of benzene rings is 2. The summed E-state index contributed by atoms with van der Waals surface area (Å²) in [5, 5.41) is 0. The molecule has 3 rings (SSSR count). The summed E-state index contributed by atoms with van der Waals surface area (Å²) in [7, 11) is 4.37. The van der Waals surface area contributed by atoms with Gasteiger partial charge in [0.1, 0.15) is 0 Å². The molecule has 0 unspecified atom stereocenters. The molecule has 2 aromatic carbocycles. The Balaban J connectivity index is 0. The van der Waals surface area contributed by atoms with E-state index in [4.69, 9.17) is 0 Å². The van der Waals surface area contributed by atoms with Crippen LogP contribution in [-0.4, -0.2) is 29.4 Å². The van der Waals surface area contributed by atoms with E-state index in [1.54, 1.807) is 0 Å². The summed E-state index contributed by atoms with van der Waals surface area (Å²) in [4.78, 5) is 2.38. The van der Waals surface area contributed by atoms with Crippen molar-refractivity contribution in [2.45, 2.75) is 74.4 Å². The van der Waals surface area contributed by atoms with Crippen molar-refractivity contribution < 1.29 is 4.58 Å². The van der Waals surface area contributed by atoms with E-state index in [1.807, 2.05) is 55.4 Å². The van der Waals surface area contributed by atoms with E-state index in [0.29, 0.717) is 12.1 Å². The molecule has 0 saturated heterocycles. The standard InChI is InChI=1S/C18H21N2.4C2H6/c1-14-19(2)17(15-10-6-4-7-11-15)18(20(14)3)16-12-8-5-9-13-16;4*1-2/h4-13,17-18H,1-3H3;4*1-2H3/q+1;;;;/t17-,18-;;;;/m1..../s1. The Morgan fingerprint density at radius 2 is 1.00 bits per heavy atom. The molecule has 1 aliphatic rings. The van der Waals surface area contributed by atoms with Gasteiger partial charge in [-0.25, -0.2) is 0 Å². The number of amidine groups is 1. The largest absolute Gasteiger partial charge is 0.257 e. The third-order valence-corrected chi connectivity index (χ3v) is 4.44. The van der Waals surface area contributed by atoms with Crippen molar-refractivity contribution in [1.29, 1.82) is 0 Å². The molecule has 0 aliphatic carbocycles. The van der Waals surface area contributed by atoms with E-state index in [0.717, 1.165) is 0 Å². The molecule has 0 bridgehead atoms. The van der Waals surface area contributed by atoms with Crippen LogP contribution in [0.3, 0.4) is 0 Å². The Labute approximate surface area is 175 Å². The van der Waals surface area contributed by atoms with Gasteiger partial charge in [0.2, 0.25) is 5.84 Å². The number of likely N-dealkylation sites (N-methyl/N-ethyl adjacent to an activating group) is 2. The highest BCUT2D eigenvalue weighted by Gasteiger charge is 2.43. The monoisotopic (exact) mass is 385 g/mol. The molecular formula is C26H45N2+. The molecular weight excluding hydrogens is 340 g/mol. The molecule has 0 spiro atoms. The molecule has 2 heteroatoms. The molecule has 2 nitrogen and oxygen atoms in total. The average Bonchev–Trinajstić information content (AvgIpc) is 3.04. The van der Waals surface area contributed by atoms with Crippen LogP contribution in [0.25, 0.3) is 0 Å². The highest BCUT2D eigenvalue weighted by Crippen LogP contribution is 2.39. The predicted octanol–water partition coefficient (Wildman–Crippen LogP) is 7.58. The first-order valence-corrected chi connectivity index (χ1v) is 11.1. The third-order valence-electron chi connectivity index (χ3n) is 4.44. The number of hydrogen-bond donors (Lipinski definition) is 0. The average molecular weight is 386 g/mol. The second kappa shape index (κ2) is 17.0. The maximum absolute atomic E-state index is 2.38. The zero-order valence-corrected chi connectivity index (χ0v) is 20.3. The van der Waals surface area contributed by atoms with Crippen molar-refractivity contribution in [2.75, 3.05) is 14.1 Å². The van der Waals surface area contributed by atoms with Crippen LogP contribution in [0.1, 0.15) is 85.5 Å². The van der Waals surface area contributed by atoms with E-state index < -0.39 is 0 Å². The number of rotatable bonds is 2. The first-order chi connectivity index (χ1) is 13.7. The van der Waals surface area contributed by atoms with Crippen molar-refractivity contribution in [3.63, 3.8) is 0 Å². The molecule has 0 N–H and O–H groups in total. The molecule has 0 aromatic heterocycles. The lowest BCUT2D eigenvalue weighted by molar-refractivity contribution is -0.539. The minimum absolute atomic E-state index is 0.364. The van der Waals surface area contributed by atoms with Crippen LogP contribution in [0, 0.1) is 0 Å². The van der Waals surface area contributed by atoms with Gasteiger partial charge >= 0.3 is 0 Å². The number of hydrogen-bond acceptors (Lipinski definition) is 1. The lowest BCUT2D eigenvalue weighted by Crippen LogP contribution is -2.25. The molecule has 1 heterocycles. The van der Waals surface area contributed by atoms with Crippen molar-refractivity contribution >= 4 is 5.84 Å². The van der Waals surface area contributed by atoms with Gasteiger partial charge in [-0.3, -0.25) is 9.48 Å². The SMILES string of the molecule is CC.CC.CC.CC.CC1=[N+](C)[C@H](c2ccccc2)[C@@H](c2ccccc2)N1C. The maximum Gasteiger partial charge on any atom is 0.244 e. The molecule has 0 radical (unpaired) electrons. The fourth-order valence-electron chi connectivity index (χ4n) is 3.19. The summed E-state index contributed by atoms with van der Waals surface area (Å²) in [5.74, 6) is 1.31. The lowest BCUT2D eigenvalue weighted by Gasteiger charge is -2.21. The highest BCUT2D eigenvalue weighted by molar-refractivity contribution is 5.76. The molecule has 0 saturated carbocycles. The Hall–Kier alpha value is -2.09. The Bertz CT molecular complexity index is 617. The first-order valence-electron chi connectivity index (χ1n) is 11.1. The summed E-state index contributed by atoms with van der Waals surface area (Å²) in [5.41, 5.74) is 2.74. The number of nitrogens with zero attached hydrogens (tertiary/aromatic N) is 2. The fourth-order valence-corrected chi connectivity index (χ4v) is 3.19. The summed E-state index contributed by atoms with van der Waals surface area (Å²) in [6.45, 7) is 18.2. The van der Waals surface area contributed by atoms with E-state index in [9.17, 15) is 0 Å². The van der Waals surface area contributed by atoms with Crippen molar-refractivity contribution in [3.8, 4) is 0 Å². The van der Waals surface area contributed by atoms with Gasteiger partial charge in [-0.05, 0) is 0 Å². The van der Waals surface area contributed by atoms with Crippen LogP contribution in [0.15, 0.2) is 60.7 Å². The molecule has 2 atom stereocenters. The first kappa shape index (κ1) is 28.1. The zero-order chi connectivity index (χ0) is 22.1.